The van der Waals surface area contributed by atoms with Crippen molar-refractivity contribution in [3.05, 3.63) is 81.3 Å². The van der Waals surface area contributed by atoms with Gasteiger partial charge in [-0.2, -0.15) is 0 Å². The monoisotopic (exact) mass is 448 g/mol. The number of benzene rings is 1. The van der Waals surface area contributed by atoms with E-state index in [0.717, 1.165) is 0 Å². The summed E-state index contributed by atoms with van der Waals surface area (Å²) in [5.41, 5.74) is 12.5. The number of nitrogen functional groups attached to an aromatic ring is 2. The third kappa shape index (κ3) is 5.60. The molecular formula is C21H19Cl2FN4O2. The van der Waals surface area contributed by atoms with Crippen LogP contribution in [0, 0.1) is 5.41 Å². The molecule has 0 atom stereocenters. The molecule has 3 rings (SSSR count). The highest BCUT2D eigenvalue weighted by Crippen LogP contribution is 2.30. The highest BCUT2D eigenvalue weighted by Gasteiger charge is 2.16. The van der Waals surface area contributed by atoms with Gasteiger partial charge in [0, 0.05) is 17.0 Å². The fraction of sp³-hybridized carbons (Fsp3) is 0.143. The zero-order chi connectivity index (χ0) is 21.7. The summed E-state index contributed by atoms with van der Waals surface area (Å²) >= 11 is 12.1. The molecule has 1 aliphatic rings. The van der Waals surface area contributed by atoms with Gasteiger partial charge in [-0.05, 0) is 42.0 Å². The lowest BCUT2D eigenvalue weighted by molar-refractivity contribution is 0.198. The second kappa shape index (κ2) is 9.75. The number of hydrogen-bond acceptors (Lipinski definition) is 6. The molecular weight excluding hydrogens is 430 g/mol. The summed E-state index contributed by atoms with van der Waals surface area (Å²) in [6.45, 7) is 0.0440. The fourth-order valence-corrected chi connectivity index (χ4v) is 3.04. The van der Waals surface area contributed by atoms with E-state index in [2.05, 4.69) is 4.98 Å². The van der Waals surface area contributed by atoms with E-state index in [-0.39, 0.29) is 47.8 Å². The Morgan fingerprint density at radius 3 is 2.73 bits per heavy atom. The van der Waals surface area contributed by atoms with Gasteiger partial charge in [0.1, 0.15) is 34.0 Å². The second-order valence-electron chi connectivity index (χ2n) is 6.41. The minimum absolute atomic E-state index is 0.0321. The number of aromatic nitrogens is 1. The molecule has 1 aliphatic carbocycles. The maximum atomic E-state index is 14.5. The first-order valence-electron chi connectivity index (χ1n) is 8.89. The second-order valence-corrected chi connectivity index (χ2v) is 7.23. The molecule has 2 aromatic rings. The number of nitrogens with zero attached hydrogens (tertiary/aromatic N) is 1. The van der Waals surface area contributed by atoms with Gasteiger partial charge in [0.2, 0.25) is 0 Å². The number of ether oxygens (including phenoxy) is 2. The summed E-state index contributed by atoms with van der Waals surface area (Å²) in [5.74, 6) is 0.510. The van der Waals surface area contributed by atoms with Crippen LogP contribution in [0.4, 0.5) is 16.0 Å². The van der Waals surface area contributed by atoms with E-state index in [1.807, 2.05) is 0 Å². The Hall–Kier alpha value is -2.87. The van der Waals surface area contributed by atoms with Crippen LogP contribution in [0.1, 0.15) is 12.0 Å². The van der Waals surface area contributed by atoms with Gasteiger partial charge in [-0.1, -0.05) is 35.3 Å². The molecule has 6 nitrogen and oxygen atoms in total. The Bertz CT molecular complexity index is 1070. The van der Waals surface area contributed by atoms with Gasteiger partial charge in [-0.3, -0.25) is 0 Å². The van der Waals surface area contributed by atoms with Crippen molar-refractivity contribution in [3.8, 4) is 5.75 Å². The van der Waals surface area contributed by atoms with Crippen LogP contribution >= 0.6 is 23.2 Å². The standard InChI is InChI=1S/C21H19Cl2FN4O2/c22-13-2-1-3-14(9-13)30-18-6-4-12(8-16(24)20(18)23)10-29-11-17(25)15-5-7-19(26)28-21(15)27/h1-5,7-9,25H,6,10-11H2,(H4,26,27,28). The number of allylic oxidation sites excluding steroid dienone is 3. The molecule has 9 heteroatoms. The van der Waals surface area contributed by atoms with Crippen LogP contribution in [0.15, 0.2) is 70.7 Å². The lowest BCUT2D eigenvalue weighted by Gasteiger charge is -2.10. The predicted octanol–water partition coefficient (Wildman–Crippen LogP) is 5.00. The quantitative estimate of drug-likeness (QED) is 0.516. The minimum atomic E-state index is -0.636. The Kier molecular flexibility index (Phi) is 7.10. The zero-order valence-electron chi connectivity index (χ0n) is 15.8. The number of nitrogens with one attached hydrogen (secondary N) is 1. The van der Waals surface area contributed by atoms with Crippen LogP contribution in [0.3, 0.4) is 0 Å². The minimum Gasteiger partial charge on any atom is -0.460 e. The van der Waals surface area contributed by atoms with Crippen molar-refractivity contribution < 1.29 is 13.9 Å². The number of pyridine rings is 1. The van der Waals surface area contributed by atoms with Crippen LogP contribution < -0.4 is 16.2 Å². The number of anilines is 2. The topological polar surface area (TPSA) is 107 Å². The summed E-state index contributed by atoms with van der Waals surface area (Å²) in [6.07, 6.45) is 3.29. The molecule has 156 valence electrons. The average molecular weight is 449 g/mol. The van der Waals surface area contributed by atoms with Gasteiger partial charge < -0.3 is 26.4 Å². The fourth-order valence-electron chi connectivity index (χ4n) is 2.69. The van der Waals surface area contributed by atoms with Gasteiger partial charge in [-0.25, -0.2) is 9.37 Å². The summed E-state index contributed by atoms with van der Waals surface area (Å²) in [7, 11) is 0. The molecule has 0 saturated carbocycles. The third-order valence-corrected chi connectivity index (χ3v) is 4.77. The molecule has 0 radical (unpaired) electrons. The van der Waals surface area contributed by atoms with Crippen molar-refractivity contribution in [2.45, 2.75) is 6.42 Å². The smallest absolute Gasteiger partial charge is 0.145 e. The lowest BCUT2D eigenvalue weighted by atomic mass is 10.1. The molecule has 0 saturated heterocycles. The van der Waals surface area contributed by atoms with Crippen molar-refractivity contribution in [3.63, 3.8) is 0 Å². The average Bonchev–Trinajstić information content (AvgIpc) is 2.81. The molecule has 0 unspecified atom stereocenters. The van der Waals surface area contributed by atoms with Crippen LogP contribution in [0.5, 0.6) is 5.75 Å². The predicted molar refractivity (Wildman–Crippen MR) is 118 cm³/mol. The van der Waals surface area contributed by atoms with Crippen LogP contribution in [0.25, 0.3) is 0 Å². The van der Waals surface area contributed by atoms with Crippen LogP contribution in [0.2, 0.25) is 5.02 Å². The van der Waals surface area contributed by atoms with Crippen molar-refractivity contribution >= 4 is 40.5 Å². The number of hydrogen-bond donors (Lipinski definition) is 3. The van der Waals surface area contributed by atoms with E-state index >= 15 is 0 Å². The van der Waals surface area contributed by atoms with E-state index in [1.54, 1.807) is 42.5 Å². The SMILES string of the molecule is N=C(COCC1=CCC(Oc2cccc(Cl)c2)=C(Cl)C(F)=C1)c1ccc(N)nc1N. The summed E-state index contributed by atoms with van der Waals surface area (Å²) < 4.78 is 25.7. The van der Waals surface area contributed by atoms with E-state index in [0.29, 0.717) is 21.9 Å². The number of nitrogens with two attached hydrogens (primary N) is 2. The highest BCUT2D eigenvalue weighted by molar-refractivity contribution is 6.32. The summed E-state index contributed by atoms with van der Waals surface area (Å²) in [5, 5.41) is 8.47. The Balaban J connectivity index is 1.61. The summed E-state index contributed by atoms with van der Waals surface area (Å²) in [4.78, 5) is 3.92. The molecule has 0 fully saturated rings. The van der Waals surface area contributed by atoms with Gasteiger partial charge in [-0.15, -0.1) is 0 Å². The third-order valence-electron chi connectivity index (χ3n) is 4.14. The number of halogens is 3. The van der Waals surface area contributed by atoms with E-state index < -0.39 is 5.83 Å². The highest BCUT2D eigenvalue weighted by atomic mass is 35.5. The maximum Gasteiger partial charge on any atom is 0.145 e. The molecule has 1 aromatic heterocycles. The largest absolute Gasteiger partial charge is 0.460 e. The van der Waals surface area contributed by atoms with Crippen molar-refractivity contribution in [1.29, 1.82) is 5.41 Å². The molecule has 0 spiro atoms. The van der Waals surface area contributed by atoms with Gasteiger partial charge in [0.25, 0.3) is 0 Å². The summed E-state index contributed by atoms with van der Waals surface area (Å²) in [6, 6.07) is 9.91. The molecule has 30 heavy (non-hydrogen) atoms. The van der Waals surface area contributed by atoms with E-state index in [9.17, 15) is 4.39 Å². The van der Waals surface area contributed by atoms with E-state index in [1.165, 1.54) is 6.08 Å². The molecule has 5 N–H and O–H groups in total. The van der Waals surface area contributed by atoms with Crippen molar-refractivity contribution in [2.75, 3.05) is 24.7 Å². The first kappa shape index (κ1) is 21.8. The first-order chi connectivity index (χ1) is 14.3. The number of rotatable bonds is 7. The lowest BCUT2D eigenvalue weighted by Crippen LogP contribution is -2.14. The molecule has 0 aliphatic heterocycles. The van der Waals surface area contributed by atoms with Gasteiger partial charge in [0.15, 0.2) is 0 Å². The van der Waals surface area contributed by atoms with Gasteiger partial charge in [0.05, 0.1) is 18.9 Å². The Morgan fingerprint density at radius 2 is 2.00 bits per heavy atom. The molecule has 0 amide bonds. The molecule has 1 aromatic carbocycles. The van der Waals surface area contributed by atoms with Crippen molar-refractivity contribution in [2.24, 2.45) is 0 Å². The Labute approximate surface area is 183 Å². The Morgan fingerprint density at radius 1 is 1.20 bits per heavy atom. The van der Waals surface area contributed by atoms with Gasteiger partial charge >= 0.3 is 0 Å². The zero-order valence-corrected chi connectivity index (χ0v) is 17.3. The maximum absolute atomic E-state index is 14.5. The van der Waals surface area contributed by atoms with E-state index in [4.69, 9.17) is 49.6 Å². The molecule has 0 bridgehead atoms. The van der Waals surface area contributed by atoms with Crippen LogP contribution in [-0.2, 0) is 4.74 Å². The first-order valence-corrected chi connectivity index (χ1v) is 9.65. The van der Waals surface area contributed by atoms with Crippen LogP contribution in [-0.4, -0.2) is 23.9 Å². The normalized spacial score (nSPS) is 14.1. The van der Waals surface area contributed by atoms with Crippen molar-refractivity contribution in [1.82, 2.24) is 4.98 Å². The molecule has 1 heterocycles.